The molecule has 0 aliphatic carbocycles. The van der Waals surface area contributed by atoms with Crippen molar-refractivity contribution in [1.29, 1.82) is 0 Å². The van der Waals surface area contributed by atoms with Crippen molar-refractivity contribution in [2.24, 2.45) is 4.99 Å². The first-order valence-electron chi connectivity index (χ1n) is 8.47. The van der Waals surface area contributed by atoms with Gasteiger partial charge in [-0.15, -0.1) is 6.42 Å². The molecule has 10 heteroatoms. The number of carbonyl (C=O) groups excluding carboxylic acids is 1. The summed E-state index contributed by atoms with van der Waals surface area (Å²) in [5.41, 5.74) is 1.07. The fourth-order valence-corrected chi connectivity index (χ4v) is 4.45. The van der Waals surface area contributed by atoms with Crippen LogP contribution in [0, 0.1) is 22.5 Å². The summed E-state index contributed by atoms with van der Waals surface area (Å²) < 4.78 is 25.9. The van der Waals surface area contributed by atoms with Gasteiger partial charge in [-0.2, -0.15) is 4.99 Å². The Morgan fingerprint density at radius 1 is 1.33 bits per heavy atom. The zero-order chi connectivity index (χ0) is 21.9. The van der Waals surface area contributed by atoms with Gasteiger partial charge in [-0.3, -0.25) is 14.9 Å². The summed E-state index contributed by atoms with van der Waals surface area (Å²) in [5, 5.41) is 10.8. The summed E-state index contributed by atoms with van der Waals surface area (Å²) in [7, 11) is -3.38. The summed E-state index contributed by atoms with van der Waals surface area (Å²) >= 11 is 1.14. The monoisotopic (exact) mass is 441 g/mol. The zero-order valence-electron chi connectivity index (χ0n) is 15.7. The number of sulfone groups is 1. The van der Waals surface area contributed by atoms with Gasteiger partial charge in [0.2, 0.25) is 0 Å². The Balaban J connectivity index is 2.01. The van der Waals surface area contributed by atoms with Crippen molar-refractivity contribution < 1.29 is 18.1 Å². The van der Waals surface area contributed by atoms with Crippen LogP contribution >= 0.6 is 11.3 Å². The molecular formula is C20H15N3O5S2. The maximum atomic E-state index is 12.3. The maximum absolute atomic E-state index is 12.3. The summed E-state index contributed by atoms with van der Waals surface area (Å²) in [6, 6.07) is 10.5. The summed E-state index contributed by atoms with van der Waals surface area (Å²) in [6.45, 7) is 0.152. The molecule has 1 heterocycles. The van der Waals surface area contributed by atoms with Gasteiger partial charge in [-0.05, 0) is 29.8 Å². The van der Waals surface area contributed by atoms with Crippen LogP contribution in [-0.2, 0) is 21.2 Å². The van der Waals surface area contributed by atoms with Crippen LogP contribution in [0.15, 0.2) is 58.4 Å². The number of hydrogen-bond acceptors (Lipinski definition) is 6. The van der Waals surface area contributed by atoms with E-state index in [4.69, 9.17) is 6.42 Å². The van der Waals surface area contributed by atoms with Gasteiger partial charge in [0.15, 0.2) is 14.6 Å². The number of nitro benzene ring substituents is 1. The van der Waals surface area contributed by atoms with Gasteiger partial charge in [0.1, 0.15) is 0 Å². The molecule has 0 aliphatic heterocycles. The van der Waals surface area contributed by atoms with Crippen LogP contribution in [0.2, 0.25) is 0 Å². The van der Waals surface area contributed by atoms with Gasteiger partial charge in [0.05, 0.1) is 26.6 Å². The minimum absolute atomic E-state index is 0.0837. The third kappa shape index (κ3) is 4.71. The number of benzene rings is 2. The Labute approximate surface area is 175 Å². The van der Waals surface area contributed by atoms with Crippen LogP contribution in [0.3, 0.4) is 0 Å². The number of non-ortho nitro benzene ring substituents is 1. The molecule has 1 aromatic heterocycles. The molecular weight excluding hydrogens is 426 g/mol. The first kappa shape index (κ1) is 21.2. The normalized spacial score (nSPS) is 12.3. The highest BCUT2D eigenvalue weighted by Gasteiger charge is 2.12. The molecule has 0 saturated carbocycles. The van der Waals surface area contributed by atoms with Crippen molar-refractivity contribution in [2.45, 2.75) is 11.4 Å². The molecule has 3 rings (SSSR count). The maximum Gasteiger partial charge on any atom is 0.272 e. The minimum Gasteiger partial charge on any atom is -0.305 e. The minimum atomic E-state index is -3.38. The van der Waals surface area contributed by atoms with Crippen molar-refractivity contribution in [3.8, 4) is 12.3 Å². The highest BCUT2D eigenvalue weighted by atomic mass is 32.2. The molecule has 0 spiro atoms. The van der Waals surface area contributed by atoms with E-state index in [9.17, 15) is 23.3 Å². The van der Waals surface area contributed by atoms with Gasteiger partial charge in [0, 0.05) is 24.5 Å². The first-order chi connectivity index (χ1) is 14.2. The number of nitrogens with zero attached hydrogens (tertiary/aromatic N) is 3. The topological polar surface area (TPSA) is 112 Å². The molecule has 152 valence electrons. The lowest BCUT2D eigenvalue weighted by Gasteiger charge is -2.01. The molecule has 1 amide bonds. The van der Waals surface area contributed by atoms with Crippen molar-refractivity contribution in [2.75, 3.05) is 6.26 Å². The van der Waals surface area contributed by atoms with Gasteiger partial charge >= 0.3 is 0 Å². The second-order valence-electron chi connectivity index (χ2n) is 6.21. The van der Waals surface area contributed by atoms with Crippen LogP contribution < -0.4 is 4.80 Å². The van der Waals surface area contributed by atoms with Gasteiger partial charge < -0.3 is 4.57 Å². The molecule has 0 saturated heterocycles. The Morgan fingerprint density at radius 3 is 2.77 bits per heavy atom. The molecule has 0 aliphatic rings. The lowest BCUT2D eigenvalue weighted by Crippen LogP contribution is -2.15. The van der Waals surface area contributed by atoms with Crippen molar-refractivity contribution in [1.82, 2.24) is 4.57 Å². The largest absolute Gasteiger partial charge is 0.305 e. The Bertz CT molecular complexity index is 1410. The second kappa shape index (κ2) is 8.44. The van der Waals surface area contributed by atoms with E-state index in [-0.39, 0.29) is 17.1 Å². The summed E-state index contributed by atoms with van der Waals surface area (Å²) in [4.78, 5) is 27.2. The van der Waals surface area contributed by atoms with E-state index in [1.165, 1.54) is 42.5 Å². The SMILES string of the molecule is C#CCn1c(=NC(=O)C=Cc2cccc([N+](=O)[O-])c2)sc2cc(S(C)(=O)=O)ccc21. The average Bonchev–Trinajstić information content (AvgIpc) is 3.02. The molecule has 0 radical (unpaired) electrons. The molecule has 30 heavy (non-hydrogen) atoms. The zero-order valence-corrected chi connectivity index (χ0v) is 17.3. The molecule has 0 unspecified atom stereocenters. The lowest BCUT2D eigenvalue weighted by atomic mass is 10.2. The van der Waals surface area contributed by atoms with E-state index < -0.39 is 20.7 Å². The predicted molar refractivity (Wildman–Crippen MR) is 114 cm³/mol. The molecule has 0 atom stereocenters. The highest BCUT2D eigenvalue weighted by molar-refractivity contribution is 7.90. The van der Waals surface area contributed by atoms with Gasteiger partial charge in [-0.1, -0.05) is 29.4 Å². The molecule has 0 bridgehead atoms. The predicted octanol–water partition coefficient (Wildman–Crippen LogP) is 2.79. The molecule has 0 fully saturated rings. The van der Waals surface area contributed by atoms with E-state index in [1.807, 2.05) is 0 Å². The smallest absolute Gasteiger partial charge is 0.272 e. The van der Waals surface area contributed by atoms with Crippen LogP contribution in [0.4, 0.5) is 5.69 Å². The quantitative estimate of drug-likeness (QED) is 0.262. The van der Waals surface area contributed by atoms with Gasteiger partial charge in [0.25, 0.3) is 11.6 Å². The third-order valence-electron chi connectivity index (χ3n) is 4.04. The Morgan fingerprint density at radius 2 is 2.10 bits per heavy atom. The number of rotatable bonds is 5. The van der Waals surface area contributed by atoms with E-state index in [0.29, 0.717) is 20.6 Å². The molecule has 2 aromatic carbocycles. The summed E-state index contributed by atoms with van der Waals surface area (Å²) in [6.07, 6.45) is 9.17. The van der Waals surface area contributed by atoms with Crippen molar-refractivity contribution in [3.63, 3.8) is 0 Å². The van der Waals surface area contributed by atoms with E-state index >= 15 is 0 Å². The molecule has 3 aromatic rings. The second-order valence-corrected chi connectivity index (χ2v) is 9.24. The number of aromatic nitrogens is 1. The van der Waals surface area contributed by atoms with Crippen LogP contribution in [0.1, 0.15) is 5.56 Å². The van der Waals surface area contributed by atoms with E-state index in [2.05, 4.69) is 10.9 Å². The van der Waals surface area contributed by atoms with Crippen LogP contribution in [0.5, 0.6) is 0 Å². The van der Waals surface area contributed by atoms with Crippen LogP contribution in [-0.4, -0.2) is 30.1 Å². The van der Waals surface area contributed by atoms with Crippen LogP contribution in [0.25, 0.3) is 16.3 Å². The Kier molecular flexibility index (Phi) is 5.96. The summed E-state index contributed by atoms with van der Waals surface area (Å²) in [5.74, 6) is 1.91. The lowest BCUT2D eigenvalue weighted by molar-refractivity contribution is -0.384. The third-order valence-corrected chi connectivity index (χ3v) is 6.19. The number of carbonyl (C=O) groups is 1. The Hall–Kier alpha value is -3.55. The average molecular weight is 441 g/mol. The van der Waals surface area contributed by atoms with E-state index in [0.717, 1.165) is 17.6 Å². The number of thiazole rings is 1. The highest BCUT2D eigenvalue weighted by Crippen LogP contribution is 2.22. The number of terminal acetylenes is 1. The number of hydrogen-bond donors (Lipinski definition) is 0. The van der Waals surface area contributed by atoms with Crippen molar-refractivity contribution in [3.05, 3.63) is 69.0 Å². The fraction of sp³-hybridized carbons (Fsp3) is 0.100. The molecule has 0 N–H and O–H groups in total. The number of nitro groups is 1. The first-order valence-corrected chi connectivity index (χ1v) is 11.2. The number of amides is 1. The van der Waals surface area contributed by atoms with Crippen molar-refractivity contribution >= 4 is 49.1 Å². The number of fused-ring (bicyclic) bond motifs is 1. The van der Waals surface area contributed by atoms with Gasteiger partial charge in [-0.25, -0.2) is 8.42 Å². The fourth-order valence-electron chi connectivity index (χ4n) is 2.65. The standard InChI is InChI=1S/C20H15N3O5S2/c1-3-11-22-17-9-8-16(30(2,27)28)13-18(17)29-20(22)21-19(24)10-7-14-5-4-6-15(12-14)23(25)26/h1,4-10,12-13H,11H2,2H3. The molecule has 8 nitrogen and oxygen atoms in total. The van der Waals surface area contributed by atoms with E-state index in [1.54, 1.807) is 16.7 Å².